The first-order valence-electron chi connectivity index (χ1n) is 21.5. The predicted molar refractivity (Wildman–Crippen MR) is 222 cm³/mol. The standard InChI is InChI=1S/C50H61NO4/c51-27-24-36-15-14-34(28-36)8-3-1-2-4-11-41-29-35-16-21-46(48(54)55)50(26-23-39-31-38-10-5-6-13-44(38)47(53)45(39)33-50)42-12-7-9-37(30-42)32-49(41,25-22-35)40-17-19-43(52)20-18-40/h5-7,9-10,12-13,16-20,28,30-31,34,39,41,45-46,52-53H,1-4,8,11,14-15,21-27,29,32-33,51H2,(H,54,55). The van der Waals surface area contributed by atoms with Crippen molar-refractivity contribution in [1.29, 1.82) is 0 Å². The fraction of sp³-hybridized carbons (Fsp3) is 0.500. The number of rotatable bonds is 11. The Bertz CT molecular complexity index is 2050. The zero-order valence-corrected chi connectivity index (χ0v) is 32.6. The van der Waals surface area contributed by atoms with Gasteiger partial charge in [-0.05, 0) is 142 Å². The number of phenols is 1. The van der Waals surface area contributed by atoms with E-state index in [0.29, 0.717) is 30.3 Å². The van der Waals surface area contributed by atoms with Crippen molar-refractivity contribution in [3.8, 4) is 5.75 Å². The summed E-state index contributed by atoms with van der Waals surface area (Å²) in [6.07, 6.45) is 24.8. The van der Waals surface area contributed by atoms with Crippen LogP contribution in [0, 0.1) is 29.6 Å². The number of aliphatic hydroxyl groups excluding tert-OH is 1. The molecule has 290 valence electrons. The van der Waals surface area contributed by atoms with Crippen LogP contribution in [0.3, 0.4) is 0 Å². The van der Waals surface area contributed by atoms with Crippen LogP contribution in [0.1, 0.15) is 119 Å². The van der Waals surface area contributed by atoms with Crippen LogP contribution in [0.25, 0.3) is 11.8 Å². The van der Waals surface area contributed by atoms with Gasteiger partial charge < -0.3 is 21.1 Å². The minimum Gasteiger partial charge on any atom is -0.511 e. The molecule has 3 aromatic rings. The SMILES string of the molecule is NCCC1=CC(CCCCCCC2CC3=CCC(C(=O)O)C4(CCC5C=c6ccccc6=C(O)C5C4)c4cccc(c4)CC2(c2ccc(O)cc2)CC3)CC1. The van der Waals surface area contributed by atoms with Gasteiger partial charge in [0.2, 0.25) is 0 Å². The fourth-order valence-corrected chi connectivity index (χ4v) is 12.0. The molecule has 55 heavy (non-hydrogen) atoms. The second kappa shape index (κ2) is 16.2. The number of carboxylic acid groups (broad SMARTS) is 1. The summed E-state index contributed by atoms with van der Waals surface area (Å²) < 4.78 is 0. The van der Waals surface area contributed by atoms with Crippen molar-refractivity contribution in [2.45, 2.75) is 120 Å². The average molecular weight is 740 g/mol. The van der Waals surface area contributed by atoms with Gasteiger partial charge in [-0.15, -0.1) is 0 Å². The lowest BCUT2D eigenvalue weighted by Crippen LogP contribution is -2.49. The third-order valence-electron chi connectivity index (χ3n) is 14.9. The van der Waals surface area contributed by atoms with Crippen LogP contribution < -0.4 is 16.2 Å². The lowest BCUT2D eigenvalue weighted by Gasteiger charge is -2.49. The van der Waals surface area contributed by atoms with Crippen LogP contribution in [-0.2, 0) is 22.0 Å². The number of benzene rings is 3. The molecule has 6 aliphatic carbocycles. The Balaban J connectivity index is 1.10. The molecule has 5 nitrogen and oxygen atoms in total. The topological polar surface area (TPSA) is 104 Å². The number of carbonyl (C=O) groups is 1. The Hall–Kier alpha value is -4.09. The molecule has 0 amide bonds. The summed E-state index contributed by atoms with van der Waals surface area (Å²) in [4.78, 5) is 13.5. The molecule has 5 N–H and O–H groups in total. The highest BCUT2D eigenvalue weighted by Crippen LogP contribution is 2.55. The normalized spacial score (nSPS) is 30.0. The quantitative estimate of drug-likeness (QED) is 0.116. The van der Waals surface area contributed by atoms with E-state index in [2.05, 4.69) is 60.7 Å². The van der Waals surface area contributed by atoms with Crippen molar-refractivity contribution < 1.29 is 20.1 Å². The van der Waals surface area contributed by atoms with Crippen molar-refractivity contribution in [3.63, 3.8) is 0 Å². The largest absolute Gasteiger partial charge is 0.511 e. The maximum Gasteiger partial charge on any atom is 0.307 e. The summed E-state index contributed by atoms with van der Waals surface area (Å²) in [5, 5.41) is 35.2. The van der Waals surface area contributed by atoms with Crippen LogP contribution in [0.4, 0.5) is 0 Å². The first kappa shape index (κ1) is 37.8. The summed E-state index contributed by atoms with van der Waals surface area (Å²) in [5.74, 6) is 0.657. The number of nitrogens with two attached hydrogens (primary N) is 1. The second-order valence-electron chi connectivity index (χ2n) is 17.9. The smallest absolute Gasteiger partial charge is 0.307 e. The lowest BCUT2D eigenvalue weighted by molar-refractivity contribution is -0.145. The maximum absolute atomic E-state index is 13.5. The molecule has 0 aromatic heterocycles. The number of hydrogen-bond acceptors (Lipinski definition) is 4. The molecule has 3 aromatic carbocycles. The van der Waals surface area contributed by atoms with Gasteiger partial charge in [0, 0.05) is 22.0 Å². The predicted octanol–water partition coefficient (Wildman–Crippen LogP) is 9.54. The highest BCUT2D eigenvalue weighted by atomic mass is 16.4. The number of aliphatic hydroxyl groups is 1. The Morgan fingerprint density at radius 2 is 1.64 bits per heavy atom. The summed E-state index contributed by atoms with van der Waals surface area (Å²) in [7, 11) is 0. The summed E-state index contributed by atoms with van der Waals surface area (Å²) in [6, 6.07) is 25.1. The molecule has 4 bridgehead atoms. The van der Waals surface area contributed by atoms with Crippen molar-refractivity contribution in [1.82, 2.24) is 0 Å². The molecule has 2 fully saturated rings. The van der Waals surface area contributed by atoms with Gasteiger partial charge in [-0.3, -0.25) is 4.79 Å². The van der Waals surface area contributed by atoms with E-state index in [0.717, 1.165) is 79.8 Å². The third-order valence-corrected chi connectivity index (χ3v) is 14.9. The van der Waals surface area contributed by atoms with E-state index in [-0.39, 0.29) is 17.3 Å². The Kier molecular flexibility index (Phi) is 11.1. The van der Waals surface area contributed by atoms with Crippen LogP contribution >= 0.6 is 0 Å². The fourth-order valence-electron chi connectivity index (χ4n) is 12.0. The molecule has 1 spiro atoms. The van der Waals surface area contributed by atoms with Gasteiger partial charge >= 0.3 is 5.97 Å². The number of fused-ring (bicyclic) bond motifs is 6. The summed E-state index contributed by atoms with van der Waals surface area (Å²) in [6.45, 7) is 0.758. The maximum atomic E-state index is 13.5. The lowest BCUT2D eigenvalue weighted by atomic mass is 9.54. The molecule has 0 saturated heterocycles. The number of carboxylic acids is 1. The molecule has 6 aliphatic rings. The molecular weight excluding hydrogens is 679 g/mol. The number of phenolic OH excluding ortho intramolecular Hbond substituents is 1. The van der Waals surface area contributed by atoms with Crippen LogP contribution in [0.5, 0.6) is 5.75 Å². The van der Waals surface area contributed by atoms with Gasteiger partial charge in [0.25, 0.3) is 0 Å². The molecule has 2 saturated carbocycles. The highest BCUT2D eigenvalue weighted by molar-refractivity contribution is 5.73. The summed E-state index contributed by atoms with van der Waals surface area (Å²) >= 11 is 0. The van der Waals surface area contributed by atoms with Gasteiger partial charge in [-0.2, -0.15) is 0 Å². The highest BCUT2D eigenvalue weighted by Gasteiger charge is 2.51. The van der Waals surface area contributed by atoms with Crippen molar-refractivity contribution in [3.05, 3.63) is 123 Å². The average Bonchev–Trinajstić information content (AvgIpc) is 3.64. The van der Waals surface area contributed by atoms with Crippen LogP contribution in [0.2, 0.25) is 0 Å². The Morgan fingerprint density at radius 1 is 0.818 bits per heavy atom. The van der Waals surface area contributed by atoms with Gasteiger partial charge in [-0.1, -0.05) is 116 Å². The van der Waals surface area contributed by atoms with E-state index in [1.165, 1.54) is 61.6 Å². The van der Waals surface area contributed by atoms with E-state index in [1.54, 1.807) is 5.57 Å². The third kappa shape index (κ3) is 7.58. The number of aliphatic carboxylic acids is 1. The molecule has 0 heterocycles. The monoisotopic (exact) mass is 739 g/mol. The van der Waals surface area contributed by atoms with E-state index in [4.69, 9.17) is 5.73 Å². The van der Waals surface area contributed by atoms with Gasteiger partial charge in [-0.25, -0.2) is 0 Å². The van der Waals surface area contributed by atoms with Crippen molar-refractivity contribution >= 4 is 17.8 Å². The first-order chi connectivity index (χ1) is 26.8. The molecule has 9 rings (SSSR count). The Labute approximate surface area is 327 Å². The molecule has 0 radical (unpaired) electrons. The van der Waals surface area contributed by atoms with Crippen LogP contribution in [-0.4, -0.2) is 27.8 Å². The van der Waals surface area contributed by atoms with Gasteiger partial charge in [0.1, 0.15) is 11.5 Å². The van der Waals surface area contributed by atoms with Crippen molar-refractivity contribution in [2.75, 3.05) is 6.54 Å². The number of allylic oxidation sites excluding steroid dienone is 3. The van der Waals surface area contributed by atoms with E-state index in [1.807, 2.05) is 30.3 Å². The summed E-state index contributed by atoms with van der Waals surface area (Å²) in [5.41, 5.74) is 11.8. The second-order valence-corrected chi connectivity index (χ2v) is 17.9. The molecule has 5 heteroatoms. The first-order valence-corrected chi connectivity index (χ1v) is 21.5. The number of hydrogen-bond donors (Lipinski definition) is 4. The molecule has 7 unspecified atom stereocenters. The minimum atomic E-state index is -0.730. The zero-order valence-electron chi connectivity index (χ0n) is 32.6. The molecule has 0 aliphatic heterocycles. The number of unbranched alkanes of at least 4 members (excludes halogenated alkanes) is 3. The van der Waals surface area contributed by atoms with Crippen molar-refractivity contribution in [2.24, 2.45) is 35.3 Å². The van der Waals surface area contributed by atoms with E-state index >= 15 is 0 Å². The van der Waals surface area contributed by atoms with E-state index < -0.39 is 17.3 Å². The Morgan fingerprint density at radius 3 is 2.45 bits per heavy atom. The van der Waals surface area contributed by atoms with Crippen LogP contribution in [0.15, 0.2) is 96.1 Å². The minimum absolute atomic E-state index is 0.0813. The van der Waals surface area contributed by atoms with Gasteiger partial charge in [0.15, 0.2) is 0 Å². The van der Waals surface area contributed by atoms with E-state index in [9.17, 15) is 20.1 Å². The number of aromatic hydroxyl groups is 1. The zero-order chi connectivity index (χ0) is 38.0. The molecular formula is C50H61NO4. The van der Waals surface area contributed by atoms with Gasteiger partial charge in [0.05, 0.1) is 5.92 Å². The molecule has 7 atom stereocenters.